The lowest BCUT2D eigenvalue weighted by Gasteiger charge is -2.15. The highest BCUT2D eigenvalue weighted by atomic mass is 16.5. The first kappa shape index (κ1) is 12.7. The van der Waals surface area contributed by atoms with E-state index in [0.717, 1.165) is 22.4 Å². The molecule has 1 N–H and O–H groups in total. The van der Waals surface area contributed by atoms with E-state index in [1.807, 2.05) is 62.4 Å². The number of hydrogen-bond acceptors (Lipinski definition) is 2. The van der Waals surface area contributed by atoms with Crippen LogP contribution in [0, 0.1) is 13.8 Å². The third-order valence-electron chi connectivity index (χ3n) is 3.04. The van der Waals surface area contributed by atoms with Crippen LogP contribution in [0.4, 0.5) is 0 Å². The Balaban J connectivity index is 2.03. The topological polar surface area (TPSA) is 29.5 Å². The van der Waals surface area contributed by atoms with Crippen LogP contribution in [0.1, 0.15) is 22.8 Å². The van der Waals surface area contributed by atoms with Crippen molar-refractivity contribution in [2.75, 3.05) is 6.61 Å². The fourth-order valence-corrected chi connectivity index (χ4v) is 1.94. The second-order valence-corrected chi connectivity index (χ2v) is 4.45. The lowest BCUT2D eigenvalue weighted by molar-refractivity contribution is 0.107. The monoisotopic (exact) mass is 242 g/mol. The van der Waals surface area contributed by atoms with Crippen LogP contribution in [0.25, 0.3) is 0 Å². The molecule has 0 amide bonds. The first-order valence-electron chi connectivity index (χ1n) is 6.10. The maximum Gasteiger partial charge on any atom is 0.122 e. The van der Waals surface area contributed by atoms with Crippen molar-refractivity contribution in [1.82, 2.24) is 0 Å². The SMILES string of the molecule is Cc1ccccc1OCC(O)c1ccccc1C. The van der Waals surface area contributed by atoms with E-state index in [2.05, 4.69) is 0 Å². The van der Waals surface area contributed by atoms with Crippen LogP contribution >= 0.6 is 0 Å². The molecular formula is C16H18O2. The summed E-state index contributed by atoms with van der Waals surface area (Å²) in [5, 5.41) is 10.1. The van der Waals surface area contributed by atoms with Gasteiger partial charge in [-0.1, -0.05) is 42.5 Å². The van der Waals surface area contributed by atoms with Crippen LogP contribution in [0.15, 0.2) is 48.5 Å². The molecule has 0 saturated carbocycles. The van der Waals surface area contributed by atoms with Gasteiger partial charge in [-0.05, 0) is 36.6 Å². The minimum Gasteiger partial charge on any atom is -0.490 e. The molecule has 0 radical (unpaired) electrons. The van der Waals surface area contributed by atoms with Gasteiger partial charge in [0.15, 0.2) is 0 Å². The summed E-state index contributed by atoms with van der Waals surface area (Å²) in [4.78, 5) is 0. The van der Waals surface area contributed by atoms with Gasteiger partial charge in [-0.25, -0.2) is 0 Å². The zero-order chi connectivity index (χ0) is 13.0. The Hall–Kier alpha value is -1.80. The van der Waals surface area contributed by atoms with Crippen LogP contribution < -0.4 is 4.74 Å². The van der Waals surface area contributed by atoms with Crippen molar-refractivity contribution in [2.24, 2.45) is 0 Å². The van der Waals surface area contributed by atoms with Gasteiger partial charge in [0.05, 0.1) is 0 Å². The van der Waals surface area contributed by atoms with Crippen LogP contribution in [0.5, 0.6) is 5.75 Å². The first-order chi connectivity index (χ1) is 8.68. The molecule has 2 nitrogen and oxygen atoms in total. The molecule has 18 heavy (non-hydrogen) atoms. The van der Waals surface area contributed by atoms with E-state index in [1.165, 1.54) is 0 Å². The Bertz CT molecular complexity index is 520. The molecule has 0 bridgehead atoms. The lowest BCUT2D eigenvalue weighted by atomic mass is 10.0. The summed E-state index contributed by atoms with van der Waals surface area (Å²) in [6.45, 7) is 4.26. The van der Waals surface area contributed by atoms with E-state index in [0.29, 0.717) is 0 Å². The number of rotatable bonds is 4. The number of para-hydroxylation sites is 1. The highest BCUT2D eigenvalue weighted by molar-refractivity contribution is 5.32. The largest absolute Gasteiger partial charge is 0.490 e. The van der Waals surface area contributed by atoms with Crippen molar-refractivity contribution in [1.29, 1.82) is 0 Å². The standard InChI is InChI=1S/C16H18O2/c1-12-7-3-5-9-14(12)15(17)11-18-16-10-6-4-8-13(16)2/h3-10,15,17H,11H2,1-2H3. The van der Waals surface area contributed by atoms with Crippen molar-refractivity contribution < 1.29 is 9.84 Å². The molecule has 0 heterocycles. The number of aliphatic hydroxyl groups is 1. The number of aryl methyl sites for hydroxylation is 2. The van der Waals surface area contributed by atoms with Crippen molar-refractivity contribution in [2.45, 2.75) is 20.0 Å². The highest BCUT2D eigenvalue weighted by Crippen LogP contribution is 2.21. The van der Waals surface area contributed by atoms with Gasteiger partial charge in [-0.15, -0.1) is 0 Å². The molecule has 2 rings (SSSR count). The molecular weight excluding hydrogens is 224 g/mol. The molecule has 0 aromatic heterocycles. The Labute approximate surface area is 108 Å². The Morgan fingerprint density at radius 2 is 1.56 bits per heavy atom. The van der Waals surface area contributed by atoms with E-state index >= 15 is 0 Å². The molecule has 2 aromatic rings. The molecule has 0 fully saturated rings. The summed E-state index contributed by atoms with van der Waals surface area (Å²) >= 11 is 0. The molecule has 1 atom stereocenters. The van der Waals surface area contributed by atoms with Gasteiger partial charge < -0.3 is 9.84 Å². The quantitative estimate of drug-likeness (QED) is 0.890. The minimum absolute atomic E-state index is 0.274. The van der Waals surface area contributed by atoms with Crippen molar-refractivity contribution in [3.63, 3.8) is 0 Å². The molecule has 0 aliphatic rings. The average molecular weight is 242 g/mol. The number of aliphatic hydroxyl groups excluding tert-OH is 1. The van der Waals surface area contributed by atoms with E-state index in [-0.39, 0.29) is 6.61 Å². The Kier molecular flexibility index (Phi) is 4.00. The van der Waals surface area contributed by atoms with Gasteiger partial charge in [0.2, 0.25) is 0 Å². The van der Waals surface area contributed by atoms with Gasteiger partial charge >= 0.3 is 0 Å². The average Bonchev–Trinajstić information content (AvgIpc) is 2.38. The fourth-order valence-electron chi connectivity index (χ4n) is 1.94. The predicted octanol–water partition coefficient (Wildman–Crippen LogP) is 3.42. The summed E-state index contributed by atoms with van der Waals surface area (Å²) < 4.78 is 5.66. The summed E-state index contributed by atoms with van der Waals surface area (Å²) in [5.41, 5.74) is 3.08. The zero-order valence-electron chi connectivity index (χ0n) is 10.8. The molecule has 1 unspecified atom stereocenters. The molecule has 0 aliphatic carbocycles. The molecule has 0 spiro atoms. The Morgan fingerprint density at radius 3 is 2.22 bits per heavy atom. The second kappa shape index (κ2) is 5.69. The summed E-state index contributed by atoms with van der Waals surface area (Å²) in [5.74, 6) is 0.824. The minimum atomic E-state index is -0.592. The van der Waals surface area contributed by atoms with E-state index < -0.39 is 6.10 Å². The molecule has 2 heteroatoms. The second-order valence-electron chi connectivity index (χ2n) is 4.45. The van der Waals surface area contributed by atoms with Gasteiger partial charge in [0.1, 0.15) is 18.5 Å². The van der Waals surface area contributed by atoms with Crippen LogP contribution in [-0.2, 0) is 0 Å². The molecule has 0 saturated heterocycles. The molecule has 94 valence electrons. The summed E-state index contributed by atoms with van der Waals surface area (Å²) in [7, 11) is 0. The van der Waals surface area contributed by atoms with Crippen molar-refractivity contribution in [3.8, 4) is 5.75 Å². The Morgan fingerprint density at radius 1 is 0.944 bits per heavy atom. The van der Waals surface area contributed by atoms with E-state index in [4.69, 9.17) is 4.74 Å². The van der Waals surface area contributed by atoms with Gasteiger partial charge in [0, 0.05) is 0 Å². The summed E-state index contributed by atoms with van der Waals surface area (Å²) in [6.07, 6.45) is -0.592. The van der Waals surface area contributed by atoms with Crippen LogP contribution in [0.2, 0.25) is 0 Å². The first-order valence-corrected chi connectivity index (χ1v) is 6.10. The normalized spacial score (nSPS) is 12.2. The smallest absolute Gasteiger partial charge is 0.122 e. The predicted molar refractivity (Wildman–Crippen MR) is 72.8 cm³/mol. The summed E-state index contributed by atoms with van der Waals surface area (Å²) in [6, 6.07) is 15.6. The maximum atomic E-state index is 10.1. The maximum absolute atomic E-state index is 10.1. The van der Waals surface area contributed by atoms with Gasteiger partial charge in [-0.3, -0.25) is 0 Å². The zero-order valence-corrected chi connectivity index (χ0v) is 10.8. The van der Waals surface area contributed by atoms with Crippen LogP contribution in [0.3, 0.4) is 0 Å². The lowest BCUT2D eigenvalue weighted by Crippen LogP contribution is -2.11. The number of ether oxygens (including phenoxy) is 1. The third-order valence-corrected chi connectivity index (χ3v) is 3.04. The number of hydrogen-bond donors (Lipinski definition) is 1. The van der Waals surface area contributed by atoms with Crippen molar-refractivity contribution >= 4 is 0 Å². The van der Waals surface area contributed by atoms with E-state index in [1.54, 1.807) is 0 Å². The molecule has 0 aliphatic heterocycles. The number of benzene rings is 2. The van der Waals surface area contributed by atoms with Gasteiger partial charge in [0.25, 0.3) is 0 Å². The van der Waals surface area contributed by atoms with Gasteiger partial charge in [-0.2, -0.15) is 0 Å². The van der Waals surface area contributed by atoms with Crippen molar-refractivity contribution in [3.05, 3.63) is 65.2 Å². The molecule has 2 aromatic carbocycles. The van der Waals surface area contributed by atoms with E-state index in [9.17, 15) is 5.11 Å². The van der Waals surface area contributed by atoms with Crippen LogP contribution in [-0.4, -0.2) is 11.7 Å². The third kappa shape index (κ3) is 2.90. The highest BCUT2D eigenvalue weighted by Gasteiger charge is 2.11. The fraction of sp³-hybridized carbons (Fsp3) is 0.250.